The molecule has 1 N–H and O–H groups in total. The molecule has 1 atom stereocenters. The quantitative estimate of drug-likeness (QED) is 0.0509. The van der Waals surface area contributed by atoms with Crippen molar-refractivity contribution in [3.05, 3.63) is 72.9 Å². The van der Waals surface area contributed by atoms with E-state index in [2.05, 4.69) is 86.8 Å². The number of allylic oxidation sites excluding steroid dienone is 12. The second kappa shape index (κ2) is 33.9. The Hall–Kier alpha value is -2.62. The predicted molar refractivity (Wildman–Crippen MR) is 185 cm³/mol. The van der Waals surface area contributed by atoms with Crippen molar-refractivity contribution in [2.24, 2.45) is 0 Å². The van der Waals surface area contributed by atoms with Crippen LogP contribution < -0.4 is 0 Å². The summed E-state index contributed by atoms with van der Waals surface area (Å²) in [6, 6.07) is 0. The molecule has 0 aromatic carbocycles. The van der Waals surface area contributed by atoms with Gasteiger partial charge < -0.3 is 9.84 Å². The van der Waals surface area contributed by atoms with Gasteiger partial charge in [-0.1, -0.05) is 132 Å². The van der Waals surface area contributed by atoms with Crippen LogP contribution in [0.5, 0.6) is 0 Å². The van der Waals surface area contributed by atoms with Gasteiger partial charge in [0.05, 0.1) is 0 Å². The summed E-state index contributed by atoms with van der Waals surface area (Å²) in [5.74, 6) is -0.922. The number of esters is 1. The summed E-state index contributed by atoms with van der Waals surface area (Å²) in [6.07, 6.45) is 47.7. The Morgan fingerprint density at radius 1 is 0.535 bits per heavy atom. The smallest absolute Gasteiger partial charge is 0.306 e. The van der Waals surface area contributed by atoms with Crippen molar-refractivity contribution in [3.63, 3.8) is 0 Å². The molecule has 0 saturated carbocycles. The number of hydrogen-bond donors (Lipinski definition) is 1. The summed E-state index contributed by atoms with van der Waals surface area (Å²) in [5.41, 5.74) is 0. The van der Waals surface area contributed by atoms with E-state index in [1.165, 1.54) is 38.5 Å². The summed E-state index contributed by atoms with van der Waals surface area (Å²) in [4.78, 5) is 23.3. The second-order valence-electron chi connectivity index (χ2n) is 11.3. The number of carbonyl (C=O) groups excluding carboxylic acids is 1. The van der Waals surface area contributed by atoms with Gasteiger partial charge in [-0.3, -0.25) is 9.59 Å². The topological polar surface area (TPSA) is 63.6 Å². The number of carbonyl (C=O) groups is 2. The Bertz CT molecular complexity index is 815. The third-order valence-electron chi connectivity index (χ3n) is 7.19. The number of unbranched alkanes of at least 4 members (excludes halogenated alkanes) is 9. The minimum atomic E-state index is -0.786. The van der Waals surface area contributed by atoms with Crippen LogP contribution in [0.3, 0.4) is 0 Å². The molecule has 4 nitrogen and oxygen atoms in total. The molecule has 244 valence electrons. The fourth-order valence-corrected chi connectivity index (χ4v) is 4.66. The lowest BCUT2D eigenvalue weighted by Gasteiger charge is -2.18. The zero-order valence-corrected chi connectivity index (χ0v) is 27.7. The van der Waals surface area contributed by atoms with Crippen molar-refractivity contribution in [2.75, 3.05) is 0 Å². The Morgan fingerprint density at radius 3 is 1.51 bits per heavy atom. The van der Waals surface area contributed by atoms with Gasteiger partial charge in [-0.15, -0.1) is 0 Å². The van der Waals surface area contributed by atoms with E-state index in [1.807, 2.05) is 0 Å². The molecule has 0 aliphatic heterocycles. The molecule has 0 fully saturated rings. The molecular formula is C39H64O4. The molecule has 0 aliphatic rings. The van der Waals surface area contributed by atoms with Crippen molar-refractivity contribution in [1.82, 2.24) is 0 Å². The van der Waals surface area contributed by atoms with Crippen molar-refractivity contribution in [2.45, 2.75) is 161 Å². The molecule has 0 aromatic heterocycles. The summed E-state index contributed by atoms with van der Waals surface area (Å²) in [6.45, 7) is 4.39. The van der Waals surface area contributed by atoms with E-state index < -0.39 is 5.97 Å². The normalized spacial score (nSPS) is 13.2. The number of carboxylic acids is 1. The average molecular weight is 597 g/mol. The number of hydrogen-bond acceptors (Lipinski definition) is 3. The van der Waals surface area contributed by atoms with Gasteiger partial charge in [0.2, 0.25) is 0 Å². The molecule has 0 aromatic rings. The zero-order chi connectivity index (χ0) is 31.5. The minimum absolute atomic E-state index is 0.136. The minimum Gasteiger partial charge on any atom is -0.481 e. The van der Waals surface area contributed by atoms with E-state index >= 15 is 0 Å². The highest BCUT2D eigenvalue weighted by molar-refractivity contribution is 5.69. The van der Waals surface area contributed by atoms with Gasteiger partial charge in [0, 0.05) is 12.8 Å². The maximum atomic E-state index is 12.4. The Labute approximate surface area is 265 Å². The van der Waals surface area contributed by atoms with Crippen molar-refractivity contribution >= 4 is 11.9 Å². The fourth-order valence-electron chi connectivity index (χ4n) is 4.66. The molecule has 0 saturated heterocycles. The first kappa shape index (κ1) is 40.4. The third kappa shape index (κ3) is 33.7. The summed E-state index contributed by atoms with van der Waals surface area (Å²) < 4.78 is 5.76. The lowest BCUT2D eigenvalue weighted by Crippen LogP contribution is -2.18. The summed E-state index contributed by atoms with van der Waals surface area (Å²) in [7, 11) is 0. The maximum Gasteiger partial charge on any atom is 0.306 e. The van der Waals surface area contributed by atoms with Crippen LogP contribution in [-0.2, 0) is 14.3 Å². The lowest BCUT2D eigenvalue weighted by molar-refractivity contribution is -0.150. The number of rotatable bonds is 30. The SMILES string of the molecule is CC/C=C\C/C=C\C/C=C\C/C=C\C/C=C\C/C=C\CCCCC(=O)OC(CCCCCCCCCC)CCCC(=O)O. The Kier molecular flexibility index (Phi) is 31.8. The second-order valence-corrected chi connectivity index (χ2v) is 11.3. The fraction of sp³-hybridized carbons (Fsp3) is 0.641. The van der Waals surface area contributed by atoms with Crippen molar-refractivity contribution in [1.29, 1.82) is 0 Å². The van der Waals surface area contributed by atoms with E-state index in [1.54, 1.807) is 0 Å². The maximum absolute atomic E-state index is 12.4. The van der Waals surface area contributed by atoms with Gasteiger partial charge in [0.15, 0.2) is 0 Å². The highest BCUT2D eigenvalue weighted by atomic mass is 16.5. The van der Waals surface area contributed by atoms with Crippen molar-refractivity contribution < 1.29 is 19.4 Å². The number of carboxylic acid groups (broad SMARTS) is 1. The molecule has 43 heavy (non-hydrogen) atoms. The van der Waals surface area contributed by atoms with E-state index in [0.717, 1.165) is 77.0 Å². The monoisotopic (exact) mass is 596 g/mol. The molecule has 0 rings (SSSR count). The first-order valence-electron chi connectivity index (χ1n) is 17.4. The van der Waals surface area contributed by atoms with E-state index in [9.17, 15) is 9.59 Å². The van der Waals surface area contributed by atoms with Crippen LogP contribution in [0.15, 0.2) is 72.9 Å². The van der Waals surface area contributed by atoms with Crippen LogP contribution >= 0.6 is 0 Å². The van der Waals surface area contributed by atoms with Gasteiger partial charge in [-0.2, -0.15) is 0 Å². The molecule has 0 amide bonds. The first-order valence-corrected chi connectivity index (χ1v) is 17.4. The molecule has 4 heteroatoms. The van der Waals surface area contributed by atoms with E-state index in [0.29, 0.717) is 19.3 Å². The zero-order valence-electron chi connectivity index (χ0n) is 27.7. The van der Waals surface area contributed by atoms with Crippen LogP contribution in [0, 0.1) is 0 Å². The van der Waals surface area contributed by atoms with Crippen LogP contribution in [0.1, 0.15) is 155 Å². The summed E-state index contributed by atoms with van der Waals surface area (Å²) >= 11 is 0. The standard InChI is InChI=1S/C39H64O4/c1-3-5-7-9-11-13-14-15-16-17-18-19-20-21-22-23-24-25-27-29-31-36-39(42)43-37(34-32-35-38(40)41)33-30-28-26-12-10-8-6-4-2/h5,7,11,13,15-16,18-19,21-22,24-25,37H,3-4,6,8-10,12,14,17,20,23,26-36H2,1-2H3,(H,40,41)/b7-5-,13-11-,16-15-,19-18-,22-21-,25-24-. The van der Waals surface area contributed by atoms with Gasteiger partial charge in [0.1, 0.15) is 6.10 Å². The molecule has 0 radical (unpaired) electrons. The largest absolute Gasteiger partial charge is 0.481 e. The molecule has 1 unspecified atom stereocenters. The molecule has 0 heterocycles. The van der Waals surface area contributed by atoms with Crippen LogP contribution in [0.25, 0.3) is 0 Å². The van der Waals surface area contributed by atoms with E-state index in [-0.39, 0.29) is 18.5 Å². The molecule has 0 aliphatic carbocycles. The number of ether oxygens (including phenoxy) is 1. The third-order valence-corrected chi connectivity index (χ3v) is 7.19. The van der Waals surface area contributed by atoms with Gasteiger partial charge in [-0.25, -0.2) is 0 Å². The highest BCUT2D eigenvalue weighted by Crippen LogP contribution is 2.17. The van der Waals surface area contributed by atoms with Gasteiger partial charge >= 0.3 is 11.9 Å². The highest BCUT2D eigenvalue weighted by Gasteiger charge is 2.15. The Morgan fingerprint density at radius 2 is 1.00 bits per heavy atom. The first-order chi connectivity index (χ1) is 21.1. The summed E-state index contributed by atoms with van der Waals surface area (Å²) in [5, 5.41) is 8.95. The van der Waals surface area contributed by atoms with E-state index in [4.69, 9.17) is 9.84 Å². The molecule has 0 bridgehead atoms. The Balaban J connectivity index is 3.94. The molecular weight excluding hydrogens is 532 g/mol. The lowest BCUT2D eigenvalue weighted by atomic mass is 10.0. The van der Waals surface area contributed by atoms with Crippen LogP contribution in [0.4, 0.5) is 0 Å². The van der Waals surface area contributed by atoms with Gasteiger partial charge in [-0.05, 0) is 83.5 Å². The number of aliphatic carboxylic acids is 1. The van der Waals surface area contributed by atoms with Crippen LogP contribution in [-0.4, -0.2) is 23.1 Å². The van der Waals surface area contributed by atoms with Crippen LogP contribution in [0.2, 0.25) is 0 Å². The average Bonchev–Trinajstić information content (AvgIpc) is 2.99. The predicted octanol–water partition coefficient (Wildman–Crippen LogP) is 11.9. The van der Waals surface area contributed by atoms with Crippen molar-refractivity contribution in [3.8, 4) is 0 Å². The van der Waals surface area contributed by atoms with Gasteiger partial charge in [0.25, 0.3) is 0 Å². The molecule has 0 spiro atoms.